The molecule has 1 aromatic heterocycles. The van der Waals surface area contributed by atoms with E-state index in [0.717, 1.165) is 15.3 Å². The van der Waals surface area contributed by atoms with Crippen molar-refractivity contribution in [3.8, 4) is 0 Å². The van der Waals surface area contributed by atoms with Crippen molar-refractivity contribution in [2.24, 2.45) is 5.92 Å². The Labute approximate surface area is 96.4 Å². The molecule has 0 radical (unpaired) electrons. The minimum atomic E-state index is 0.667. The standard InChI is InChI=1S/C9H11BrClNS/c1-6(2)5-13-9-8(10)3-7(11)4-12-9/h3-4,6H,5H2,1-2H3. The van der Waals surface area contributed by atoms with Crippen molar-refractivity contribution in [2.45, 2.75) is 18.9 Å². The fourth-order valence-electron chi connectivity index (χ4n) is 0.754. The summed E-state index contributed by atoms with van der Waals surface area (Å²) in [6.07, 6.45) is 1.68. The van der Waals surface area contributed by atoms with Crippen molar-refractivity contribution >= 4 is 39.3 Å². The summed E-state index contributed by atoms with van der Waals surface area (Å²) < 4.78 is 0.977. The highest BCUT2D eigenvalue weighted by atomic mass is 79.9. The summed E-state index contributed by atoms with van der Waals surface area (Å²) >= 11 is 11.0. The van der Waals surface area contributed by atoms with Crippen molar-refractivity contribution in [3.05, 3.63) is 21.8 Å². The lowest BCUT2D eigenvalue weighted by molar-refractivity contribution is 0.749. The lowest BCUT2D eigenvalue weighted by atomic mass is 10.3. The van der Waals surface area contributed by atoms with Crippen LogP contribution in [0.3, 0.4) is 0 Å². The van der Waals surface area contributed by atoms with Gasteiger partial charge in [0.05, 0.1) is 9.50 Å². The molecule has 1 aromatic rings. The predicted octanol–water partition coefficient (Wildman–Crippen LogP) is 4.25. The first kappa shape index (κ1) is 11.3. The number of nitrogens with zero attached hydrogens (tertiary/aromatic N) is 1. The maximum atomic E-state index is 5.78. The zero-order valence-electron chi connectivity index (χ0n) is 7.55. The number of pyridine rings is 1. The molecule has 0 saturated heterocycles. The number of hydrogen-bond acceptors (Lipinski definition) is 2. The molecule has 1 heterocycles. The van der Waals surface area contributed by atoms with Gasteiger partial charge < -0.3 is 0 Å². The van der Waals surface area contributed by atoms with Gasteiger partial charge in [-0.3, -0.25) is 0 Å². The van der Waals surface area contributed by atoms with Crippen LogP contribution in [0.4, 0.5) is 0 Å². The van der Waals surface area contributed by atoms with E-state index in [1.54, 1.807) is 18.0 Å². The van der Waals surface area contributed by atoms with Crippen molar-refractivity contribution in [3.63, 3.8) is 0 Å². The van der Waals surface area contributed by atoms with Gasteiger partial charge in [0.15, 0.2) is 0 Å². The molecule has 0 aromatic carbocycles. The van der Waals surface area contributed by atoms with Crippen molar-refractivity contribution in [1.29, 1.82) is 0 Å². The van der Waals surface area contributed by atoms with Crippen LogP contribution < -0.4 is 0 Å². The van der Waals surface area contributed by atoms with Crippen LogP contribution in [-0.4, -0.2) is 10.7 Å². The van der Waals surface area contributed by atoms with Crippen molar-refractivity contribution < 1.29 is 0 Å². The van der Waals surface area contributed by atoms with E-state index < -0.39 is 0 Å². The van der Waals surface area contributed by atoms with E-state index in [2.05, 4.69) is 34.8 Å². The molecule has 0 amide bonds. The van der Waals surface area contributed by atoms with E-state index in [9.17, 15) is 0 Å². The third-order valence-electron chi connectivity index (χ3n) is 1.33. The maximum absolute atomic E-state index is 5.78. The smallest absolute Gasteiger partial charge is 0.110 e. The molecule has 4 heteroatoms. The van der Waals surface area contributed by atoms with E-state index in [4.69, 9.17) is 11.6 Å². The van der Waals surface area contributed by atoms with Crippen molar-refractivity contribution in [2.75, 3.05) is 5.75 Å². The summed E-state index contributed by atoms with van der Waals surface area (Å²) in [5, 5.41) is 1.68. The Morgan fingerprint density at radius 2 is 2.31 bits per heavy atom. The van der Waals surface area contributed by atoms with Crippen LogP contribution in [0.1, 0.15) is 13.8 Å². The fraction of sp³-hybridized carbons (Fsp3) is 0.444. The average molecular weight is 281 g/mol. The van der Waals surface area contributed by atoms with Crippen molar-refractivity contribution in [1.82, 2.24) is 4.98 Å². The minimum absolute atomic E-state index is 0.667. The van der Waals surface area contributed by atoms with Gasteiger partial charge in [-0.1, -0.05) is 25.4 Å². The molecule has 0 bridgehead atoms. The van der Waals surface area contributed by atoms with Gasteiger partial charge in [0, 0.05) is 11.9 Å². The molecular weight excluding hydrogens is 270 g/mol. The molecule has 0 fully saturated rings. The molecule has 0 aliphatic carbocycles. The topological polar surface area (TPSA) is 12.9 Å². The monoisotopic (exact) mass is 279 g/mol. The average Bonchev–Trinajstić information content (AvgIpc) is 2.02. The summed E-state index contributed by atoms with van der Waals surface area (Å²) in [5.74, 6) is 1.75. The second-order valence-corrected chi connectivity index (χ2v) is 5.44. The van der Waals surface area contributed by atoms with E-state index in [-0.39, 0.29) is 0 Å². The zero-order valence-corrected chi connectivity index (χ0v) is 10.7. The summed E-state index contributed by atoms with van der Waals surface area (Å²) in [6.45, 7) is 4.38. The Balaban J connectivity index is 2.67. The van der Waals surface area contributed by atoms with E-state index in [0.29, 0.717) is 10.9 Å². The van der Waals surface area contributed by atoms with Crippen LogP contribution in [0.5, 0.6) is 0 Å². The number of aromatic nitrogens is 1. The van der Waals surface area contributed by atoms with Gasteiger partial charge in [-0.05, 0) is 27.9 Å². The molecule has 1 nitrogen and oxygen atoms in total. The molecule has 72 valence electrons. The molecule has 0 aliphatic rings. The fourth-order valence-corrected chi connectivity index (χ4v) is 2.55. The Morgan fingerprint density at radius 3 is 2.85 bits per heavy atom. The molecular formula is C9H11BrClNS. The van der Waals surface area contributed by atoms with Gasteiger partial charge in [0.1, 0.15) is 5.03 Å². The predicted molar refractivity (Wildman–Crippen MR) is 62.5 cm³/mol. The lowest BCUT2D eigenvalue weighted by Gasteiger charge is -2.05. The van der Waals surface area contributed by atoms with Crippen LogP contribution in [0.15, 0.2) is 21.8 Å². The summed E-state index contributed by atoms with van der Waals surface area (Å²) in [5.41, 5.74) is 0. The number of halogens is 2. The zero-order chi connectivity index (χ0) is 9.84. The number of hydrogen-bond donors (Lipinski definition) is 0. The second kappa shape index (κ2) is 5.23. The maximum Gasteiger partial charge on any atom is 0.110 e. The Kier molecular flexibility index (Phi) is 4.56. The molecule has 0 saturated carbocycles. The largest absolute Gasteiger partial charge is 0.247 e. The van der Waals surface area contributed by atoms with Crippen LogP contribution in [-0.2, 0) is 0 Å². The second-order valence-electron chi connectivity index (χ2n) is 3.15. The molecule has 13 heavy (non-hydrogen) atoms. The molecule has 0 spiro atoms. The van der Waals surface area contributed by atoms with Gasteiger partial charge in [-0.25, -0.2) is 4.98 Å². The van der Waals surface area contributed by atoms with E-state index in [1.165, 1.54) is 0 Å². The lowest BCUT2D eigenvalue weighted by Crippen LogP contribution is -1.92. The van der Waals surface area contributed by atoms with Gasteiger partial charge in [0.2, 0.25) is 0 Å². The Hall–Kier alpha value is 0.270. The van der Waals surface area contributed by atoms with E-state index in [1.807, 2.05) is 6.07 Å². The molecule has 0 N–H and O–H groups in total. The minimum Gasteiger partial charge on any atom is -0.247 e. The van der Waals surface area contributed by atoms with Crippen LogP contribution in [0.2, 0.25) is 5.02 Å². The highest BCUT2D eigenvalue weighted by Gasteiger charge is 2.04. The summed E-state index contributed by atoms with van der Waals surface area (Å²) in [4.78, 5) is 4.23. The highest BCUT2D eigenvalue weighted by Crippen LogP contribution is 2.28. The van der Waals surface area contributed by atoms with Crippen LogP contribution in [0.25, 0.3) is 0 Å². The molecule has 1 rings (SSSR count). The van der Waals surface area contributed by atoms with Crippen LogP contribution >= 0.6 is 39.3 Å². The first-order chi connectivity index (χ1) is 6.09. The van der Waals surface area contributed by atoms with Gasteiger partial charge >= 0.3 is 0 Å². The number of rotatable bonds is 3. The third-order valence-corrected chi connectivity index (χ3v) is 3.83. The van der Waals surface area contributed by atoms with Crippen LogP contribution in [0, 0.1) is 5.92 Å². The van der Waals surface area contributed by atoms with Gasteiger partial charge in [-0.15, -0.1) is 11.8 Å². The molecule has 0 aliphatic heterocycles. The Morgan fingerprint density at radius 1 is 1.62 bits per heavy atom. The molecule has 0 atom stereocenters. The third kappa shape index (κ3) is 3.88. The highest BCUT2D eigenvalue weighted by molar-refractivity contribution is 9.10. The molecule has 0 unspecified atom stereocenters. The normalized spacial score (nSPS) is 10.8. The Bertz CT molecular complexity index is 291. The SMILES string of the molecule is CC(C)CSc1ncc(Cl)cc1Br. The quantitative estimate of drug-likeness (QED) is 0.768. The first-order valence-electron chi connectivity index (χ1n) is 4.03. The summed E-state index contributed by atoms with van der Waals surface area (Å²) in [6, 6.07) is 1.87. The van der Waals surface area contributed by atoms with E-state index >= 15 is 0 Å². The number of thioether (sulfide) groups is 1. The summed E-state index contributed by atoms with van der Waals surface area (Å²) in [7, 11) is 0. The van der Waals surface area contributed by atoms with Gasteiger partial charge in [0.25, 0.3) is 0 Å². The van der Waals surface area contributed by atoms with Gasteiger partial charge in [-0.2, -0.15) is 0 Å². The first-order valence-corrected chi connectivity index (χ1v) is 6.19.